The molecule has 0 fully saturated rings. The molecule has 3 heterocycles. The van der Waals surface area contributed by atoms with E-state index < -0.39 is 0 Å². The van der Waals surface area contributed by atoms with Crippen LogP contribution in [0.2, 0.25) is 0 Å². The van der Waals surface area contributed by atoms with Crippen LogP contribution >= 0.6 is 0 Å². The van der Waals surface area contributed by atoms with Crippen molar-refractivity contribution in [1.82, 2.24) is 15.0 Å². The third-order valence-corrected chi connectivity index (χ3v) is 14.7. The number of fused-ring (bicyclic) bond motifs is 6. The molecule has 0 amide bonds. The van der Waals surface area contributed by atoms with Gasteiger partial charge in [0, 0.05) is 50.9 Å². The van der Waals surface area contributed by atoms with Gasteiger partial charge in [0.15, 0.2) is 0 Å². The van der Waals surface area contributed by atoms with Crippen LogP contribution < -0.4 is 31.1 Å². The molecule has 71 heavy (non-hydrogen) atoms. The van der Waals surface area contributed by atoms with Crippen molar-refractivity contribution >= 4 is 96.1 Å². The summed E-state index contributed by atoms with van der Waals surface area (Å²) in [6.45, 7) is 20.6. The molecule has 0 aliphatic carbocycles. The highest BCUT2D eigenvalue weighted by Crippen LogP contribution is 2.49. The fourth-order valence-corrected chi connectivity index (χ4v) is 10.8. The minimum absolute atomic E-state index is 0.00298. The molecule has 7 heteroatoms. The summed E-state index contributed by atoms with van der Waals surface area (Å²) in [6, 6.07) is 71.7. The van der Waals surface area contributed by atoms with Crippen LogP contribution in [0.5, 0.6) is 0 Å². The van der Waals surface area contributed by atoms with Crippen molar-refractivity contribution in [2.75, 3.05) is 14.7 Å². The lowest BCUT2D eigenvalue weighted by molar-refractivity contribution is 0.590. The number of para-hydroxylation sites is 2. The van der Waals surface area contributed by atoms with E-state index in [1.807, 2.05) is 18.2 Å². The Morgan fingerprint density at radius 3 is 1.51 bits per heavy atom. The SMILES string of the molecule is CC(C)(C)c1ccc(N2c3cc(N(c4ccccc4)c4cccc5ccccc45)ccc3B3c4cc5nn(-c6ccccc6)nc5cc4N(c4ccc(C(C)(C)C)cc4)c4cc(C(C)(C)C)cc2c43)cc1. The van der Waals surface area contributed by atoms with Crippen LogP contribution in [0.3, 0.4) is 0 Å². The molecular weight excluding hydrogens is 864 g/mol. The number of benzene rings is 9. The van der Waals surface area contributed by atoms with E-state index in [0.717, 1.165) is 56.5 Å². The lowest BCUT2D eigenvalue weighted by Gasteiger charge is -2.45. The first-order chi connectivity index (χ1) is 34.1. The maximum atomic E-state index is 5.18. The van der Waals surface area contributed by atoms with Crippen molar-refractivity contribution < 1.29 is 0 Å². The summed E-state index contributed by atoms with van der Waals surface area (Å²) in [5.74, 6) is 0. The molecule has 0 saturated heterocycles. The van der Waals surface area contributed by atoms with Gasteiger partial charge in [-0.25, -0.2) is 0 Å². The summed E-state index contributed by atoms with van der Waals surface area (Å²) in [7, 11) is 0. The molecule has 12 rings (SSSR count). The number of rotatable bonds is 6. The van der Waals surface area contributed by atoms with Gasteiger partial charge in [-0.1, -0.05) is 165 Å². The predicted octanol–water partition coefficient (Wildman–Crippen LogP) is 15.0. The van der Waals surface area contributed by atoms with Gasteiger partial charge in [-0.05, 0) is 146 Å². The van der Waals surface area contributed by atoms with Crippen LogP contribution in [0.4, 0.5) is 51.2 Å². The first kappa shape index (κ1) is 44.3. The Morgan fingerprint density at radius 1 is 0.394 bits per heavy atom. The topological polar surface area (TPSA) is 40.4 Å². The number of hydrogen-bond donors (Lipinski definition) is 0. The normalized spacial score (nSPS) is 13.3. The molecule has 0 N–H and O–H groups in total. The summed E-state index contributed by atoms with van der Waals surface area (Å²) in [4.78, 5) is 9.27. The van der Waals surface area contributed by atoms with Gasteiger partial charge >= 0.3 is 0 Å². The molecule has 1 aromatic heterocycles. The Bertz CT molecular complexity index is 3650. The molecule has 0 atom stereocenters. The van der Waals surface area contributed by atoms with Gasteiger partial charge in [-0.2, -0.15) is 4.80 Å². The van der Waals surface area contributed by atoms with E-state index in [1.54, 1.807) is 4.80 Å². The second kappa shape index (κ2) is 16.3. The molecule has 348 valence electrons. The zero-order chi connectivity index (χ0) is 49.0. The highest BCUT2D eigenvalue weighted by atomic mass is 15.5. The van der Waals surface area contributed by atoms with Gasteiger partial charge < -0.3 is 14.7 Å². The summed E-state index contributed by atoms with van der Waals surface area (Å²) in [5, 5.41) is 12.7. The van der Waals surface area contributed by atoms with Crippen LogP contribution in [0.1, 0.15) is 79.0 Å². The lowest BCUT2D eigenvalue weighted by atomic mass is 9.33. The smallest absolute Gasteiger partial charge is 0.252 e. The monoisotopic (exact) mass is 922 g/mol. The molecule has 0 bridgehead atoms. The van der Waals surface area contributed by atoms with Crippen molar-refractivity contribution in [2.45, 2.75) is 78.6 Å². The fourth-order valence-electron chi connectivity index (χ4n) is 10.8. The second-order valence-corrected chi connectivity index (χ2v) is 22.5. The Balaban J connectivity index is 1.17. The minimum atomic E-state index is -0.173. The summed E-state index contributed by atoms with van der Waals surface area (Å²) in [6.07, 6.45) is 0. The first-order valence-corrected chi connectivity index (χ1v) is 25.0. The van der Waals surface area contributed by atoms with Gasteiger partial charge in [0.25, 0.3) is 6.71 Å². The third-order valence-electron chi connectivity index (χ3n) is 14.7. The number of aromatic nitrogens is 3. The fraction of sp³-hybridized carbons (Fsp3) is 0.188. The van der Waals surface area contributed by atoms with Gasteiger partial charge in [-0.15, -0.1) is 10.2 Å². The number of anilines is 9. The molecule has 0 saturated carbocycles. The molecule has 9 aromatic carbocycles. The van der Waals surface area contributed by atoms with E-state index >= 15 is 0 Å². The predicted molar refractivity (Wildman–Crippen MR) is 301 cm³/mol. The van der Waals surface area contributed by atoms with Crippen LogP contribution in [-0.2, 0) is 16.2 Å². The van der Waals surface area contributed by atoms with E-state index in [-0.39, 0.29) is 23.0 Å². The second-order valence-electron chi connectivity index (χ2n) is 22.5. The molecule has 0 unspecified atom stereocenters. The van der Waals surface area contributed by atoms with E-state index in [9.17, 15) is 0 Å². The third kappa shape index (κ3) is 7.57. The highest BCUT2D eigenvalue weighted by molar-refractivity contribution is 7.00. The first-order valence-electron chi connectivity index (χ1n) is 25.0. The zero-order valence-corrected chi connectivity index (χ0v) is 42.2. The highest BCUT2D eigenvalue weighted by Gasteiger charge is 2.45. The summed E-state index contributed by atoms with van der Waals surface area (Å²) < 4.78 is 0. The van der Waals surface area contributed by atoms with E-state index in [0.29, 0.717) is 0 Å². The molecule has 10 aromatic rings. The zero-order valence-electron chi connectivity index (χ0n) is 42.2. The average molecular weight is 923 g/mol. The van der Waals surface area contributed by atoms with Gasteiger partial charge in [0.1, 0.15) is 11.0 Å². The van der Waals surface area contributed by atoms with Crippen LogP contribution in [-0.4, -0.2) is 21.7 Å². The van der Waals surface area contributed by atoms with Crippen LogP contribution in [0.15, 0.2) is 194 Å². The molecule has 0 radical (unpaired) electrons. The Hall–Kier alpha value is -7.90. The average Bonchev–Trinajstić information content (AvgIpc) is 3.79. The standard InChI is InChI=1S/C64H59BN6/c1-62(2,3)43-27-31-47(32-28-43)69-57-39-50(68(46-21-12-10-13-22-46)56-26-18-20-42-19-16-17-25-51(42)56)35-36-52(57)65-53-40-54-55(67-71(66-54)49-23-14-11-15-24-49)41-58(53)70(48-33-29-44(30-34-48)63(4,5)6)60-38-45(64(7,8)9)37-59(69)61(60)65/h10-41H,1-9H3. The Labute approximate surface area is 418 Å². The van der Waals surface area contributed by atoms with Crippen LogP contribution in [0.25, 0.3) is 27.5 Å². The Kier molecular flexibility index (Phi) is 10.2. The number of hydrogen-bond acceptors (Lipinski definition) is 5. The van der Waals surface area contributed by atoms with Gasteiger partial charge in [0.05, 0.1) is 11.4 Å². The lowest BCUT2D eigenvalue weighted by Crippen LogP contribution is -2.61. The van der Waals surface area contributed by atoms with Crippen molar-refractivity contribution in [3.63, 3.8) is 0 Å². The molecule has 2 aliphatic rings. The van der Waals surface area contributed by atoms with Crippen LogP contribution in [0, 0.1) is 0 Å². The van der Waals surface area contributed by atoms with Crippen molar-refractivity contribution in [1.29, 1.82) is 0 Å². The summed E-state index contributed by atoms with van der Waals surface area (Å²) >= 11 is 0. The summed E-state index contributed by atoms with van der Waals surface area (Å²) in [5.41, 5.74) is 20.2. The van der Waals surface area contributed by atoms with E-state index in [1.165, 1.54) is 55.2 Å². The molecule has 6 nitrogen and oxygen atoms in total. The number of nitrogens with zero attached hydrogens (tertiary/aromatic N) is 6. The van der Waals surface area contributed by atoms with Gasteiger partial charge in [0.2, 0.25) is 0 Å². The molecule has 2 aliphatic heterocycles. The largest absolute Gasteiger partial charge is 0.311 e. The molecular formula is C64H59BN6. The van der Waals surface area contributed by atoms with Crippen molar-refractivity contribution in [3.8, 4) is 5.69 Å². The Morgan fingerprint density at radius 2 is 0.915 bits per heavy atom. The maximum absolute atomic E-state index is 5.18. The quantitative estimate of drug-likeness (QED) is 0.155. The molecule has 0 spiro atoms. The van der Waals surface area contributed by atoms with Gasteiger partial charge in [-0.3, -0.25) is 0 Å². The maximum Gasteiger partial charge on any atom is 0.252 e. The minimum Gasteiger partial charge on any atom is -0.311 e. The van der Waals surface area contributed by atoms with E-state index in [4.69, 9.17) is 10.2 Å². The van der Waals surface area contributed by atoms with Crippen molar-refractivity contribution in [3.05, 3.63) is 211 Å². The van der Waals surface area contributed by atoms with E-state index in [2.05, 4.69) is 253 Å². The van der Waals surface area contributed by atoms with Crippen molar-refractivity contribution in [2.24, 2.45) is 0 Å².